The lowest BCUT2D eigenvalue weighted by atomic mass is 10.2. The molecule has 10 nitrogen and oxygen atoms in total. The molecule has 210 valence electrons. The number of hydrogen-bond acceptors (Lipinski definition) is 9. The Hall–Kier alpha value is -1.01. The minimum atomic E-state index is -0.497. The highest BCUT2D eigenvalue weighted by atomic mass is 16.6. The molecule has 0 spiro atoms. The highest BCUT2D eigenvalue weighted by molar-refractivity contribution is 5.67. The van der Waals surface area contributed by atoms with E-state index in [0.717, 1.165) is 45.6 Å². The molecular weight excluding hydrogens is 452 g/mol. The van der Waals surface area contributed by atoms with Gasteiger partial charge in [-0.1, -0.05) is 12.8 Å². The maximum Gasteiger partial charge on any atom is 0.407 e. The Morgan fingerprint density at radius 3 is 1.57 bits per heavy atom. The van der Waals surface area contributed by atoms with E-state index in [1.54, 1.807) is 0 Å². The third-order valence-electron chi connectivity index (χ3n) is 4.94. The molecule has 1 amide bonds. The van der Waals surface area contributed by atoms with Crippen LogP contribution in [0.3, 0.4) is 0 Å². The molecule has 0 atom stereocenters. The van der Waals surface area contributed by atoms with Crippen LogP contribution in [0, 0.1) is 0 Å². The van der Waals surface area contributed by atoms with Crippen LogP contribution in [0.1, 0.15) is 59.3 Å². The van der Waals surface area contributed by atoms with Crippen LogP contribution in [0.15, 0.2) is 0 Å². The Kier molecular flexibility index (Phi) is 24.0. The van der Waals surface area contributed by atoms with Gasteiger partial charge in [-0.05, 0) is 72.6 Å². The lowest BCUT2D eigenvalue weighted by Gasteiger charge is -2.22. The number of hydrogen-bond donors (Lipinski definition) is 3. The molecule has 5 N–H and O–H groups in total. The smallest absolute Gasteiger partial charge is 0.407 e. The van der Waals surface area contributed by atoms with Gasteiger partial charge in [-0.3, -0.25) is 0 Å². The lowest BCUT2D eigenvalue weighted by molar-refractivity contribution is -0.00391. The number of unbranched alkanes of at least 4 members (excludes halogenated alkanes) is 4. The van der Waals surface area contributed by atoms with Crippen molar-refractivity contribution in [1.82, 2.24) is 10.2 Å². The van der Waals surface area contributed by atoms with Crippen LogP contribution >= 0.6 is 0 Å². The first-order valence-corrected chi connectivity index (χ1v) is 13.3. The zero-order valence-electron chi connectivity index (χ0n) is 22.7. The van der Waals surface area contributed by atoms with Gasteiger partial charge in [-0.2, -0.15) is 0 Å². The highest BCUT2D eigenvalue weighted by Crippen LogP contribution is 2.06. The maximum absolute atomic E-state index is 11.5. The number of alkyl carbamates (subject to hydrolysis) is 1. The van der Waals surface area contributed by atoms with Gasteiger partial charge in [0.1, 0.15) is 5.60 Å². The van der Waals surface area contributed by atoms with E-state index in [0.29, 0.717) is 59.4 Å². The van der Waals surface area contributed by atoms with E-state index in [2.05, 4.69) is 10.2 Å². The minimum Gasteiger partial charge on any atom is -0.444 e. The van der Waals surface area contributed by atoms with E-state index >= 15 is 0 Å². The fourth-order valence-corrected chi connectivity index (χ4v) is 3.14. The third-order valence-corrected chi connectivity index (χ3v) is 4.94. The maximum atomic E-state index is 11.5. The predicted molar refractivity (Wildman–Crippen MR) is 140 cm³/mol. The quantitative estimate of drug-likeness (QED) is 0.159. The summed E-state index contributed by atoms with van der Waals surface area (Å²) in [6, 6.07) is 0. The fraction of sp³-hybridized carbons (Fsp3) is 0.960. The molecule has 35 heavy (non-hydrogen) atoms. The molecule has 0 aromatic heterocycles. The molecule has 0 saturated carbocycles. The van der Waals surface area contributed by atoms with Crippen molar-refractivity contribution in [2.45, 2.75) is 64.9 Å². The minimum absolute atomic E-state index is 0.401. The van der Waals surface area contributed by atoms with E-state index in [4.69, 9.17) is 35.2 Å². The number of rotatable bonds is 25. The molecule has 0 aliphatic rings. The van der Waals surface area contributed by atoms with Crippen LogP contribution < -0.4 is 16.8 Å². The van der Waals surface area contributed by atoms with Gasteiger partial charge in [0.2, 0.25) is 0 Å². The number of carbonyl (C=O) groups excluding carboxylic acids is 1. The summed E-state index contributed by atoms with van der Waals surface area (Å²) in [7, 11) is 0. The first-order chi connectivity index (χ1) is 16.9. The highest BCUT2D eigenvalue weighted by Gasteiger charge is 2.15. The van der Waals surface area contributed by atoms with Crippen molar-refractivity contribution in [3.63, 3.8) is 0 Å². The summed E-state index contributed by atoms with van der Waals surface area (Å²) in [5.41, 5.74) is 10.7. The van der Waals surface area contributed by atoms with Gasteiger partial charge in [-0.25, -0.2) is 4.79 Å². The Labute approximate surface area is 213 Å². The number of nitrogens with one attached hydrogen (secondary N) is 1. The molecule has 0 rings (SSSR count). The normalized spacial score (nSPS) is 11.8. The summed E-state index contributed by atoms with van der Waals surface area (Å²) < 4.78 is 27.3. The molecule has 10 heteroatoms. The molecule has 0 aromatic rings. The van der Waals surface area contributed by atoms with Crippen LogP contribution in [0.2, 0.25) is 0 Å². The Balaban J connectivity index is 3.50. The molecule has 0 fully saturated rings. The van der Waals surface area contributed by atoms with Crippen molar-refractivity contribution in [1.29, 1.82) is 0 Å². The van der Waals surface area contributed by atoms with E-state index in [9.17, 15) is 4.79 Å². The summed E-state index contributed by atoms with van der Waals surface area (Å²) in [4.78, 5) is 14.0. The van der Waals surface area contributed by atoms with Crippen LogP contribution in [0.5, 0.6) is 0 Å². The molecule has 0 unspecified atom stereocenters. The number of nitrogens with zero attached hydrogens (tertiary/aromatic N) is 1. The van der Waals surface area contributed by atoms with Gasteiger partial charge in [0.25, 0.3) is 0 Å². The first-order valence-electron chi connectivity index (χ1n) is 13.3. The van der Waals surface area contributed by atoms with E-state index in [1.807, 2.05) is 20.8 Å². The standard InChI is InChI=1S/C25H54N4O6/c1-25(2,3)35-24(30)28-12-16-31-18-20-33-22-23-34-21-19-32-17-15-29(13-8-4-6-10-26)14-9-5-7-11-27/h4-23,26-27H2,1-3H3,(H,28,30). The lowest BCUT2D eigenvalue weighted by Crippen LogP contribution is -2.34. The third kappa shape index (κ3) is 27.4. The average molecular weight is 507 g/mol. The van der Waals surface area contributed by atoms with Crippen LogP contribution in [0.4, 0.5) is 4.79 Å². The SMILES string of the molecule is CC(C)(C)OC(=O)NCCOCCOCCOCCOCCN(CCCCCN)CCCCCN. The van der Waals surface area contributed by atoms with Crippen LogP contribution in [0.25, 0.3) is 0 Å². The number of nitrogens with two attached hydrogens (primary N) is 2. The Morgan fingerprint density at radius 1 is 0.657 bits per heavy atom. The summed E-state index contributed by atoms with van der Waals surface area (Å²) in [5.74, 6) is 0. The zero-order chi connectivity index (χ0) is 26.0. The van der Waals surface area contributed by atoms with Gasteiger partial charge in [0.05, 0.1) is 52.9 Å². The van der Waals surface area contributed by atoms with Gasteiger partial charge < -0.3 is 45.4 Å². The molecule has 0 radical (unpaired) electrons. The monoisotopic (exact) mass is 506 g/mol. The summed E-state index contributed by atoms with van der Waals surface area (Å²) in [5, 5.41) is 2.64. The Bertz CT molecular complexity index is 454. The van der Waals surface area contributed by atoms with Crippen LogP contribution in [-0.2, 0) is 23.7 Å². The number of carbonyl (C=O) groups is 1. The van der Waals surface area contributed by atoms with Gasteiger partial charge >= 0.3 is 6.09 Å². The predicted octanol–water partition coefficient (Wildman–Crippen LogP) is 2.14. The second kappa shape index (κ2) is 24.7. The summed E-state index contributed by atoms with van der Waals surface area (Å²) in [6.45, 7) is 14.8. The van der Waals surface area contributed by atoms with Crippen molar-refractivity contribution in [2.75, 3.05) is 92.1 Å². The van der Waals surface area contributed by atoms with Gasteiger partial charge in [0.15, 0.2) is 0 Å². The molecule has 0 heterocycles. The van der Waals surface area contributed by atoms with Crippen LogP contribution in [-0.4, -0.2) is 109 Å². The Morgan fingerprint density at radius 2 is 1.11 bits per heavy atom. The van der Waals surface area contributed by atoms with E-state index in [-0.39, 0.29) is 0 Å². The summed E-state index contributed by atoms with van der Waals surface area (Å²) in [6.07, 6.45) is 6.50. The molecule has 0 aliphatic carbocycles. The molecule has 0 aliphatic heterocycles. The van der Waals surface area contributed by atoms with Gasteiger partial charge in [0, 0.05) is 13.1 Å². The summed E-state index contributed by atoms with van der Waals surface area (Å²) >= 11 is 0. The zero-order valence-corrected chi connectivity index (χ0v) is 22.7. The first kappa shape index (κ1) is 34.0. The average Bonchev–Trinajstić information content (AvgIpc) is 2.80. The van der Waals surface area contributed by atoms with E-state index < -0.39 is 11.7 Å². The fourth-order valence-electron chi connectivity index (χ4n) is 3.14. The largest absolute Gasteiger partial charge is 0.444 e. The molecular formula is C25H54N4O6. The number of ether oxygens (including phenoxy) is 5. The van der Waals surface area contributed by atoms with Crippen molar-refractivity contribution in [3.05, 3.63) is 0 Å². The molecule has 0 saturated heterocycles. The second-order valence-electron chi connectivity index (χ2n) is 9.42. The molecule has 0 aromatic carbocycles. The van der Waals surface area contributed by atoms with Crippen molar-refractivity contribution in [3.8, 4) is 0 Å². The van der Waals surface area contributed by atoms with E-state index in [1.165, 1.54) is 25.7 Å². The second-order valence-corrected chi connectivity index (χ2v) is 9.42. The number of amides is 1. The van der Waals surface area contributed by atoms with Crippen molar-refractivity contribution >= 4 is 6.09 Å². The van der Waals surface area contributed by atoms with Crippen molar-refractivity contribution in [2.24, 2.45) is 11.5 Å². The topological polar surface area (TPSA) is 131 Å². The van der Waals surface area contributed by atoms with Crippen molar-refractivity contribution < 1.29 is 28.5 Å². The van der Waals surface area contributed by atoms with Gasteiger partial charge in [-0.15, -0.1) is 0 Å². The molecule has 0 bridgehead atoms.